The number of hydrogen-bond acceptors (Lipinski definition) is 3. The van der Waals surface area contributed by atoms with Crippen molar-refractivity contribution in [2.75, 3.05) is 6.54 Å². The molecule has 4 nitrogen and oxygen atoms in total. The van der Waals surface area contributed by atoms with Gasteiger partial charge in [0.15, 0.2) is 0 Å². The molecule has 0 spiro atoms. The van der Waals surface area contributed by atoms with Crippen LogP contribution in [0.1, 0.15) is 22.7 Å². The van der Waals surface area contributed by atoms with Gasteiger partial charge in [-0.2, -0.15) is 0 Å². The van der Waals surface area contributed by atoms with Crippen molar-refractivity contribution in [2.45, 2.75) is 19.0 Å². The van der Waals surface area contributed by atoms with Crippen LogP contribution >= 0.6 is 0 Å². The fourth-order valence-corrected chi connectivity index (χ4v) is 2.64. The van der Waals surface area contributed by atoms with E-state index in [0.717, 1.165) is 24.1 Å². The molecule has 2 aromatic rings. The normalized spacial score (nSPS) is 17.0. The van der Waals surface area contributed by atoms with Crippen LogP contribution in [0.4, 0.5) is 0 Å². The predicted octanol–water partition coefficient (Wildman–Crippen LogP) is 1.90. The Kier molecular flexibility index (Phi) is 3.88. The van der Waals surface area contributed by atoms with Crippen LogP contribution in [0.15, 0.2) is 48.5 Å². The van der Waals surface area contributed by atoms with Crippen molar-refractivity contribution in [3.63, 3.8) is 0 Å². The molecule has 0 bridgehead atoms. The maximum absolute atomic E-state index is 12.4. The average Bonchev–Trinajstić information content (AvgIpc) is 2.53. The molecule has 1 amide bonds. The summed E-state index contributed by atoms with van der Waals surface area (Å²) in [5.74, 6) is 0.211. The first-order valence-electron chi connectivity index (χ1n) is 7.11. The Hall–Kier alpha value is -2.33. The molecule has 1 heterocycles. The Balaban J connectivity index is 1.68. The molecule has 3 rings (SSSR count). The van der Waals surface area contributed by atoms with E-state index < -0.39 is 0 Å². The van der Waals surface area contributed by atoms with Gasteiger partial charge in [0.2, 0.25) is 5.91 Å². The summed E-state index contributed by atoms with van der Waals surface area (Å²) in [5, 5.41) is 15.5. The van der Waals surface area contributed by atoms with Crippen molar-refractivity contribution in [2.24, 2.45) is 0 Å². The van der Waals surface area contributed by atoms with Crippen LogP contribution in [0.3, 0.4) is 0 Å². The molecule has 0 saturated heterocycles. The van der Waals surface area contributed by atoms with Crippen LogP contribution in [-0.2, 0) is 17.8 Å². The molecular weight excluding hydrogens is 264 g/mol. The second kappa shape index (κ2) is 5.97. The molecule has 1 aliphatic rings. The number of amides is 1. The minimum absolute atomic E-state index is 0.0183. The summed E-state index contributed by atoms with van der Waals surface area (Å²) in [5.41, 5.74) is 3.26. The van der Waals surface area contributed by atoms with Gasteiger partial charge in [0, 0.05) is 13.1 Å². The van der Waals surface area contributed by atoms with E-state index in [2.05, 4.69) is 16.7 Å². The standard InChI is InChI=1S/C17H18N2O2/c20-14-7-5-12(6-8-14)11-19-17(21)16-15-4-2-1-3-13(15)9-10-18-16/h1-8,16,18,20H,9-11H2,(H,19,21). The maximum atomic E-state index is 12.4. The molecule has 21 heavy (non-hydrogen) atoms. The van der Waals surface area contributed by atoms with Gasteiger partial charge in [-0.15, -0.1) is 0 Å². The Morgan fingerprint density at radius 1 is 1.19 bits per heavy atom. The number of aromatic hydroxyl groups is 1. The highest BCUT2D eigenvalue weighted by atomic mass is 16.3. The number of carbonyl (C=O) groups is 1. The average molecular weight is 282 g/mol. The largest absolute Gasteiger partial charge is 0.508 e. The molecule has 0 aromatic heterocycles. The van der Waals surface area contributed by atoms with Crippen LogP contribution < -0.4 is 10.6 Å². The number of fused-ring (bicyclic) bond motifs is 1. The van der Waals surface area contributed by atoms with Crippen molar-refractivity contribution in [1.29, 1.82) is 0 Å². The van der Waals surface area contributed by atoms with Gasteiger partial charge >= 0.3 is 0 Å². The Bertz CT molecular complexity index is 637. The van der Waals surface area contributed by atoms with Crippen molar-refractivity contribution in [1.82, 2.24) is 10.6 Å². The van der Waals surface area contributed by atoms with Gasteiger partial charge in [0.1, 0.15) is 11.8 Å². The summed E-state index contributed by atoms with van der Waals surface area (Å²) >= 11 is 0. The third kappa shape index (κ3) is 3.06. The second-order valence-corrected chi connectivity index (χ2v) is 5.22. The lowest BCUT2D eigenvalue weighted by molar-refractivity contribution is -0.123. The van der Waals surface area contributed by atoms with Gasteiger partial charge in [-0.1, -0.05) is 36.4 Å². The number of phenolic OH excluding ortho intramolecular Hbond substituents is 1. The fourth-order valence-electron chi connectivity index (χ4n) is 2.64. The molecule has 1 aliphatic heterocycles. The van der Waals surface area contributed by atoms with Crippen LogP contribution in [0.2, 0.25) is 0 Å². The number of carbonyl (C=O) groups excluding carboxylic acids is 1. The number of hydrogen-bond donors (Lipinski definition) is 3. The zero-order chi connectivity index (χ0) is 14.7. The van der Waals surface area contributed by atoms with Crippen LogP contribution in [-0.4, -0.2) is 17.6 Å². The monoisotopic (exact) mass is 282 g/mol. The highest BCUT2D eigenvalue weighted by Gasteiger charge is 2.25. The highest BCUT2D eigenvalue weighted by molar-refractivity contribution is 5.83. The van der Waals surface area contributed by atoms with Crippen LogP contribution in [0, 0.1) is 0 Å². The first-order chi connectivity index (χ1) is 10.2. The molecule has 108 valence electrons. The summed E-state index contributed by atoms with van der Waals surface area (Å²) in [6.07, 6.45) is 0.956. The van der Waals surface area contributed by atoms with Gasteiger partial charge in [0.25, 0.3) is 0 Å². The first-order valence-corrected chi connectivity index (χ1v) is 7.11. The lowest BCUT2D eigenvalue weighted by Gasteiger charge is -2.26. The van der Waals surface area contributed by atoms with Crippen molar-refractivity contribution in [3.8, 4) is 5.75 Å². The summed E-state index contributed by atoms with van der Waals surface area (Å²) in [7, 11) is 0. The molecule has 3 N–H and O–H groups in total. The molecule has 1 atom stereocenters. The smallest absolute Gasteiger partial charge is 0.242 e. The zero-order valence-corrected chi connectivity index (χ0v) is 11.7. The molecule has 2 aromatic carbocycles. The quantitative estimate of drug-likeness (QED) is 0.805. The third-order valence-corrected chi connectivity index (χ3v) is 3.77. The van der Waals surface area contributed by atoms with E-state index in [4.69, 9.17) is 0 Å². The number of rotatable bonds is 3. The maximum Gasteiger partial charge on any atom is 0.242 e. The zero-order valence-electron chi connectivity index (χ0n) is 11.7. The van der Waals surface area contributed by atoms with E-state index in [1.807, 2.05) is 18.2 Å². The van der Waals surface area contributed by atoms with Gasteiger partial charge < -0.3 is 15.7 Å². The Morgan fingerprint density at radius 3 is 2.76 bits per heavy atom. The molecule has 0 saturated carbocycles. The molecule has 0 radical (unpaired) electrons. The van der Waals surface area contributed by atoms with Crippen LogP contribution in [0.25, 0.3) is 0 Å². The summed E-state index contributed by atoms with van der Waals surface area (Å²) in [6.45, 7) is 1.27. The number of benzene rings is 2. The lowest BCUT2D eigenvalue weighted by atomic mass is 9.94. The highest BCUT2D eigenvalue weighted by Crippen LogP contribution is 2.22. The molecule has 4 heteroatoms. The van der Waals surface area contributed by atoms with Gasteiger partial charge in [-0.3, -0.25) is 4.79 Å². The van der Waals surface area contributed by atoms with E-state index >= 15 is 0 Å². The summed E-state index contributed by atoms with van der Waals surface area (Å²) in [6, 6.07) is 14.6. The Morgan fingerprint density at radius 2 is 1.95 bits per heavy atom. The second-order valence-electron chi connectivity index (χ2n) is 5.22. The van der Waals surface area contributed by atoms with Crippen molar-refractivity contribution >= 4 is 5.91 Å². The number of phenols is 1. The van der Waals surface area contributed by atoms with E-state index in [9.17, 15) is 9.90 Å². The van der Waals surface area contributed by atoms with E-state index in [-0.39, 0.29) is 17.7 Å². The first kappa shape index (κ1) is 13.6. The summed E-state index contributed by atoms with van der Waals surface area (Å²) in [4.78, 5) is 12.4. The Labute approximate surface area is 123 Å². The topological polar surface area (TPSA) is 61.4 Å². The minimum Gasteiger partial charge on any atom is -0.508 e. The third-order valence-electron chi connectivity index (χ3n) is 3.77. The minimum atomic E-state index is -0.285. The van der Waals surface area contributed by atoms with Gasteiger partial charge in [0.05, 0.1) is 0 Å². The molecule has 1 unspecified atom stereocenters. The van der Waals surface area contributed by atoms with E-state index in [1.165, 1.54) is 5.56 Å². The van der Waals surface area contributed by atoms with E-state index in [1.54, 1.807) is 24.3 Å². The predicted molar refractivity (Wildman–Crippen MR) is 80.8 cm³/mol. The van der Waals surface area contributed by atoms with Crippen molar-refractivity contribution in [3.05, 3.63) is 65.2 Å². The van der Waals surface area contributed by atoms with Crippen LogP contribution in [0.5, 0.6) is 5.75 Å². The van der Waals surface area contributed by atoms with Gasteiger partial charge in [-0.05, 0) is 35.2 Å². The number of nitrogens with one attached hydrogen (secondary N) is 2. The lowest BCUT2D eigenvalue weighted by Crippen LogP contribution is -2.41. The molecular formula is C17H18N2O2. The fraction of sp³-hybridized carbons (Fsp3) is 0.235. The summed E-state index contributed by atoms with van der Waals surface area (Å²) < 4.78 is 0. The van der Waals surface area contributed by atoms with Gasteiger partial charge in [-0.25, -0.2) is 0 Å². The van der Waals surface area contributed by atoms with E-state index in [0.29, 0.717) is 6.54 Å². The molecule has 0 fully saturated rings. The molecule has 0 aliphatic carbocycles. The SMILES string of the molecule is O=C(NCc1ccc(O)cc1)C1NCCc2ccccc21. The van der Waals surface area contributed by atoms with Crippen molar-refractivity contribution < 1.29 is 9.90 Å².